The van der Waals surface area contributed by atoms with Crippen LogP contribution in [-0.2, 0) is 4.79 Å². The van der Waals surface area contributed by atoms with Crippen LogP contribution in [0.5, 0.6) is 0 Å². The van der Waals surface area contributed by atoms with Gasteiger partial charge in [0.05, 0.1) is 23.8 Å². The number of nitrogens with one attached hydrogen (secondary N) is 1. The number of anilines is 1. The molecule has 1 aromatic carbocycles. The van der Waals surface area contributed by atoms with E-state index in [2.05, 4.69) is 20.4 Å². The molecule has 0 spiro atoms. The Labute approximate surface area is 146 Å². The Bertz CT molecular complexity index is 925. The summed E-state index contributed by atoms with van der Waals surface area (Å²) in [6.45, 7) is 5.86. The molecule has 1 amide bonds. The fraction of sp³-hybridized carbons (Fsp3) is 0.158. The van der Waals surface area contributed by atoms with Crippen molar-refractivity contribution in [2.24, 2.45) is 0 Å². The minimum absolute atomic E-state index is 0.231. The van der Waals surface area contributed by atoms with Gasteiger partial charge in [-0.2, -0.15) is 5.10 Å². The van der Waals surface area contributed by atoms with Crippen molar-refractivity contribution in [1.29, 1.82) is 0 Å². The van der Waals surface area contributed by atoms with Crippen LogP contribution in [0.4, 0.5) is 5.69 Å². The summed E-state index contributed by atoms with van der Waals surface area (Å²) in [7, 11) is 0. The van der Waals surface area contributed by atoms with E-state index >= 15 is 0 Å². The summed E-state index contributed by atoms with van der Waals surface area (Å²) in [5.74, 6) is 0.241. The quantitative estimate of drug-likeness (QED) is 0.744. The normalized spacial score (nSPS) is 11.0. The summed E-state index contributed by atoms with van der Waals surface area (Å²) < 4.78 is 1.67. The summed E-state index contributed by atoms with van der Waals surface area (Å²) in [4.78, 5) is 20.6. The lowest BCUT2D eigenvalue weighted by Gasteiger charge is -2.04. The molecule has 0 aliphatic heterocycles. The van der Waals surface area contributed by atoms with Gasteiger partial charge in [-0.15, -0.1) is 0 Å². The largest absolute Gasteiger partial charge is 0.320 e. The van der Waals surface area contributed by atoms with Gasteiger partial charge in [-0.1, -0.05) is 24.3 Å². The van der Waals surface area contributed by atoms with Gasteiger partial charge in [-0.25, -0.2) is 14.6 Å². The van der Waals surface area contributed by atoms with Gasteiger partial charge in [0, 0.05) is 11.8 Å². The standard InChI is InChI=1S/C19H19N5O/c1-13-6-4-5-7-16(13)8-9-18(25)22-17-11-20-19(21-12-17)24-15(3)10-14(2)23-24/h4-12H,1-3H3,(H,22,25)/b9-8+. The molecule has 3 rings (SSSR count). The van der Waals surface area contributed by atoms with E-state index in [4.69, 9.17) is 0 Å². The highest BCUT2D eigenvalue weighted by Crippen LogP contribution is 2.11. The van der Waals surface area contributed by atoms with Crippen molar-refractivity contribution in [2.75, 3.05) is 5.32 Å². The third-order valence-corrected chi connectivity index (χ3v) is 3.71. The lowest BCUT2D eigenvalue weighted by atomic mass is 10.1. The molecule has 0 aliphatic rings. The number of hydrogen-bond acceptors (Lipinski definition) is 4. The molecule has 126 valence electrons. The zero-order chi connectivity index (χ0) is 17.8. The summed E-state index contributed by atoms with van der Waals surface area (Å²) in [5.41, 5.74) is 4.51. The molecule has 0 fully saturated rings. The first-order valence-corrected chi connectivity index (χ1v) is 7.93. The average Bonchev–Trinajstić information content (AvgIpc) is 2.93. The molecule has 6 heteroatoms. The molecule has 2 aromatic heterocycles. The molecule has 2 heterocycles. The molecule has 1 N–H and O–H groups in total. The Hall–Kier alpha value is -3.28. The molecular formula is C19H19N5O. The summed E-state index contributed by atoms with van der Waals surface area (Å²) in [5, 5.41) is 7.09. The minimum atomic E-state index is -0.231. The predicted molar refractivity (Wildman–Crippen MR) is 97.5 cm³/mol. The highest BCUT2D eigenvalue weighted by Gasteiger charge is 2.07. The van der Waals surface area contributed by atoms with Crippen molar-refractivity contribution in [3.05, 3.63) is 71.3 Å². The molecule has 0 atom stereocenters. The van der Waals surface area contributed by atoms with Gasteiger partial charge in [-0.3, -0.25) is 4.79 Å². The second kappa shape index (κ2) is 7.09. The topological polar surface area (TPSA) is 72.7 Å². The van der Waals surface area contributed by atoms with Gasteiger partial charge >= 0.3 is 0 Å². The predicted octanol–water partition coefficient (Wildman–Crippen LogP) is 3.24. The highest BCUT2D eigenvalue weighted by atomic mass is 16.1. The molecule has 6 nitrogen and oxygen atoms in total. The first kappa shape index (κ1) is 16.6. The second-order valence-electron chi connectivity index (χ2n) is 5.79. The first-order valence-electron chi connectivity index (χ1n) is 7.93. The van der Waals surface area contributed by atoms with E-state index in [1.165, 1.54) is 6.08 Å². The van der Waals surface area contributed by atoms with Crippen molar-refractivity contribution < 1.29 is 4.79 Å². The smallest absolute Gasteiger partial charge is 0.250 e. The number of aryl methyl sites for hydroxylation is 3. The zero-order valence-corrected chi connectivity index (χ0v) is 14.4. The van der Waals surface area contributed by atoms with Crippen LogP contribution in [0, 0.1) is 20.8 Å². The van der Waals surface area contributed by atoms with Gasteiger partial charge in [-0.05, 0) is 44.0 Å². The summed E-state index contributed by atoms with van der Waals surface area (Å²) in [6, 6.07) is 9.83. The Kier molecular flexibility index (Phi) is 4.70. The molecule has 0 aliphatic carbocycles. The van der Waals surface area contributed by atoms with E-state index in [1.807, 2.05) is 51.1 Å². The maximum atomic E-state index is 12.0. The molecule has 0 unspecified atom stereocenters. The molecule has 0 saturated heterocycles. The van der Waals surface area contributed by atoms with E-state index < -0.39 is 0 Å². The second-order valence-corrected chi connectivity index (χ2v) is 5.79. The zero-order valence-electron chi connectivity index (χ0n) is 14.4. The highest BCUT2D eigenvalue weighted by molar-refractivity contribution is 6.01. The maximum absolute atomic E-state index is 12.0. The summed E-state index contributed by atoms with van der Waals surface area (Å²) in [6.07, 6.45) is 6.42. The fourth-order valence-corrected chi connectivity index (χ4v) is 2.45. The molecular weight excluding hydrogens is 314 g/mol. The van der Waals surface area contributed by atoms with Gasteiger partial charge in [0.15, 0.2) is 0 Å². The van der Waals surface area contributed by atoms with Crippen LogP contribution in [0.2, 0.25) is 0 Å². The van der Waals surface area contributed by atoms with E-state index in [9.17, 15) is 4.79 Å². The Morgan fingerprint density at radius 3 is 2.48 bits per heavy atom. The Morgan fingerprint density at radius 1 is 1.12 bits per heavy atom. The minimum Gasteiger partial charge on any atom is -0.320 e. The molecule has 0 saturated carbocycles. The van der Waals surface area contributed by atoms with Gasteiger partial charge in [0.25, 0.3) is 5.95 Å². The van der Waals surface area contributed by atoms with E-state index in [-0.39, 0.29) is 5.91 Å². The van der Waals surface area contributed by atoms with Gasteiger partial charge in [0.1, 0.15) is 0 Å². The lowest BCUT2D eigenvalue weighted by molar-refractivity contribution is -0.111. The van der Waals surface area contributed by atoms with E-state index in [0.717, 1.165) is 22.5 Å². The SMILES string of the molecule is Cc1cc(C)n(-c2ncc(NC(=O)/C=C/c3ccccc3C)cn2)n1. The average molecular weight is 333 g/mol. The van der Waals surface area contributed by atoms with Crippen LogP contribution in [0.3, 0.4) is 0 Å². The van der Waals surface area contributed by atoms with Crippen LogP contribution < -0.4 is 5.32 Å². The monoisotopic (exact) mass is 333 g/mol. The molecule has 3 aromatic rings. The van der Waals surface area contributed by atoms with Crippen molar-refractivity contribution >= 4 is 17.7 Å². The van der Waals surface area contributed by atoms with Gasteiger partial charge < -0.3 is 5.32 Å². The van der Waals surface area contributed by atoms with Crippen LogP contribution in [0.1, 0.15) is 22.5 Å². The molecule has 0 radical (unpaired) electrons. The van der Waals surface area contributed by atoms with E-state index in [1.54, 1.807) is 23.2 Å². The maximum Gasteiger partial charge on any atom is 0.250 e. The number of nitrogens with zero attached hydrogens (tertiary/aromatic N) is 4. The van der Waals surface area contributed by atoms with Crippen LogP contribution in [-0.4, -0.2) is 25.7 Å². The fourth-order valence-electron chi connectivity index (χ4n) is 2.45. The third-order valence-electron chi connectivity index (χ3n) is 3.71. The van der Waals surface area contributed by atoms with Crippen LogP contribution in [0.25, 0.3) is 12.0 Å². The molecule has 0 bridgehead atoms. The van der Waals surface area contributed by atoms with Crippen molar-refractivity contribution in [1.82, 2.24) is 19.7 Å². The van der Waals surface area contributed by atoms with Gasteiger partial charge in [0.2, 0.25) is 5.91 Å². The van der Waals surface area contributed by atoms with Crippen LogP contribution in [0.15, 0.2) is 48.8 Å². The van der Waals surface area contributed by atoms with Crippen LogP contribution >= 0.6 is 0 Å². The first-order chi connectivity index (χ1) is 12.0. The van der Waals surface area contributed by atoms with Crippen molar-refractivity contribution in [2.45, 2.75) is 20.8 Å². The summed E-state index contributed by atoms with van der Waals surface area (Å²) >= 11 is 0. The number of carbonyl (C=O) groups excluding carboxylic acids is 1. The van der Waals surface area contributed by atoms with Crippen molar-refractivity contribution in [3.63, 3.8) is 0 Å². The number of carbonyl (C=O) groups is 1. The number of aromatic nitrogens is 4. The number of amides is 1. The van der Waals surface area contributed by atoms with Crippen molar-refractivity contribution in [3.8, 4) is 5.95 Å². The molecule has 25 heavy (non-hydrogen) atoms. The number of rotatable bonds is 4. The lowest BCUT2D eigenvalue weighted by Crippen LogP contribution is -2.10. The number of benzene rings is 1. The number of hydrogen-bond donors (Lipinski definition) is 1. The van der Waals surface area contributed by atoms with E-state index in [0.29, 0.717) is 11.6 Å². The Balaban J connectivity index is 1.68. The Morgan fingerprint density at radius 2 is 1.84 bits per heavy atom. The third kappa shape index (κ3) is 3.98.